The summed E-state index contributed by atoms with van der Waals surface area (Å²) in [7, 11) is 0. The molecular weight excluding hydrogens is 378 g/mol. The Labute approximate surface area is 174 Å². The van der Waals surface area contributed by atoms with Gasteiger partial charge in [0.1, 0.15) is 0 Å². The number of carbonyl (C=O) groups is 1. The van der Waals surface area contributed by atoms with Crippen LogP contribution >= 0.6 is 0 Å². The summed E-state index contributed by atoms with van der Waals surface area (Å²) >= 11 is 0. The minimum Gasteiger partial charge on any atom is -0.478 e. The zero-order chi connectivity index (χ0) is 20.8. The number of carbonyl (C=O) groups excluding carboxylic acids is 1. The maximum atomic E-state index is 12.9. The molecule has 2 aromatic heterocycles. The van der Waals surface area contributed by atoms with Gasteiger partial charge in [-0.2, -0.15) is 0 Å². The van der Waals surface area contributed by atoms with Gasteiger partial charge in [0.2, 0.25) is 11.8 Å². The van der Waals surface area contributed by atoms with Crippen molar-refractivity contribution in [2.24, 2.45) is 0 Å². The fourth-order valence-electron chi connectivity index (χ4n) is 3.10. The number of benzene rings is 2. The summed E-state index contributed by atoms with van der Waals surface area (Å²) < 4.78 is 11.5. The largest absolute Gasteiger partial charge is 0.478 e. The SMILES string of the molecule is CCOc1ncccc1CNC(=O)c1ccccc1-c1ncc(-c2ccccc2)o1. The molecule has 0 bridgehead atoms. The van der Waals surface area contributed by atoms with Crippen LogP contribution in [-0.4, -0.2) is 22.5 Å². The minimum atomic E-state index is -0.226. The van der Waals surface area contributed by atoms with Crippen LogP contribution in [0.1, 0.15) is 22.8 Å². The number of amides is 1. The second-order valence-electron chi connectivity index (χ2n) is 6.52. The minimum absolute atomic E-state index is 0.226. The highest BCUT2D eigenvalue weighted by molar-refractivity contribution is 6.00. The molecule has 4 aromatic rings. The highest BCUT2D eigenvalue weighted by Gasteiger charge is 2.17. The van der Waals surface area contributed by atoms with Crippen LogP contribution in [0.15, 0.2) is 83.5 Å². The summed E-state index contributed by atoms with van der Waals surface area (Å²) in [6.45, 7) is 2.71. The number of nitrogens with one attached hydrogen (secondary N) is 1. The first kappa shape index (κ1) is 19.4. The van der Waals surface area contributed by atoms with Gasteiger partial charge in [-0.05, 0) is 25.1 Å². The second kappa shape index (κ2) is 9.05. The topological polar surface area (TPSA) is 77.2 Å². The summed E-state index contributed by atoms with van der Waals surface area (Å²) in [4.78, 5) is 21.5. The van der Waals surface area contributed by atoms with Crippen LogP contribution in [0.2, 0.25) is 0 Å². The van der Waals surface area contributed by atoms with E-state index in [-0.39, 0.29) is 5.91 Å². The van der Waals surface area contributed by atoms with E-state index in [0.29, 0.717) is 41.8 Å². The molecule has 0 aliphatic heterocycles. The van der Waals surface area contributed by atoms with Gasteiger partial charge < -0.3 is 14.5 Å². The Hall–Kier alpha value is -3.93. The first-order valence-electron chi connectivity index (χ1n) is 9.72. The zero-order valence-corrected chi connectivity index (χ0v) is 16.5. The van der Waals surface area contributed by atoms with Crippen molar-refractivity contribution in [2.45, 2.75) is 13.5 Å². The highest BCUT2D eigenvalue weighted by Crippen LogP contribution is 2.28. The molecule has 0 saturated carbocycles. The molecule has 0 aliphatic carbocycles. The Morgan fingerprint density at radius 1 is 1.00 bits per heavy atom. The molecule has 4 rings (SSSR count). The van der Waals surface area contributed by atoms with Crippen LogP contribution < -0.4 is 10.1 Å². The number of pyridine rings is 1. The van der Waals surface area contributed by atoms with E-state index in [0.717, 1.165) is 11.1 Å². The number of ether oxygens (including phenoxy) is 1. The Kier molecular flexibility index (Phi) is 5.85. The Balaban J connectivity index is 1.55. The van der Waals surface area contributed by atoms with Crippen molar-refractivity contribution in [3.8, 4) is 28.7 Å². The molecule has 6 heteroatoms. The van der Waals surface area contributed by atoms with Crippen LogP contribution in [0, 0.1) is 0 Å². The van der Waals surface area contributed by atoms with Gasteiger partial charge in [-0.1, -0.05) is 48.5 Å². The van der Waals surface area contributed by atoms with Crippen molar-refractivity contribution >= 4 is 5.91 Å². The number of hydrogen-bond acceptors (Lipinski definition) is 5. The van der Waals surface area contributed by atoms with Crippen molar-refractivity contribution in [2.75, 3.05) is 6.61 Å². The fraction of sp³-hybridized carbons (Fsp3) is 0.125. The number of nitrogens with zero attached hydrogens (tertiary/aromatic N) is 2. The summed E-state index contributed by atoms with van der Waals surface area (Å²) in [5.74, 6) is 1.35. The molecule has 0 radical (unpaired) electrons. The molecule has 0 aliphatic rings. The predicted octanol–water partition coefficient (Wildman–Crippen LogP) is 4.73. The molecule has 150 valence electrons. The lowest BCUT2D eigenvalue weighted by molar-refractivity contribution is 0.0951. The van der Waals surface area contributed by atoms with Crippen LogP contribution in [0.4, 0.5) is 0 Å². The summed E-state index contributed by atoms with van der Waals surface area (Å²) in [6, 6.07) is 20.7. The highest BCUT2D eigenvalue weighted by atomic mass is 16.5. The van der Waals surface area contributed by atoms with Gasteiger partial charge >= 0.3 is 0 Å². The van der Waals surface area contributed by atoms with Gasteiger partial charge in [-0.15, -0.1) is 0 Å². The third-order valence-corrected chi connectivity index (χ3v) is 4.54. The first-order chi connectivity index (χ1) is 14.8. The van der Waals surface area contributed by atoms with Crippen molar-refractivity contribution < 1.29 is 13.9 Å². The van der Waals surface area contributed by atoms with E-state index in [1.54, 1.807) is 18.5 Å². The normalized spacial score (nSPS) is 10.6. The van der Waals surface area contributed by atoms with Gasteiger partial charge in [0.25, 0.3) is 5.91 Å². The molecule has 0 fully saturated rings. The number of hydrogen-bond donors (Lipinski definition) is 1. The van der Waals surface area contributed by atoms with Gasteiger partial charge in [-0.3, -0.25) is 4.79 Å². The molecule has 2 heterocycles. The van der Waals surface area contributed by atoms with E-state index in [4.69, 9.17) is 9.15 Å². The lowest BCUT2D eigenvalue weighted by Crippen LogP contribution is -2.24. The van der Waals surface area contributed by atoms with E-state index in [1.807, 2.05) is 67.6 Å². The first-order valence-corrected chi connectivity index (χ1v) is 9.72. The third-order valence-electron chi connectivity index (χ3n) is 4.54. The Morgan fingerprint density at radius 2 is 1.80 bits per heavy atom. The van der Waals surface area contributed by atoms with Crippen LogP contribution in [0.25, 0.3) is 22.8 Å². The van der Waals surface area contributed by atoms with Crippen LogP contribution in [0.5, 0.6) is 5.88 Å². The Morgan fingerprint density at radius 3 is 2.63 bits per heavy atom. The average Bonchev–Trinajstić information content (AvgIpc) is 3.29. The zero-order valence-electron chi connectivity index (χ0n) is 16.5. The predicted molar refractivity (Wildman–Crippen MR) is 114 cm³/mol. The molecule has 0 saturated heterocycles. The smallest absolute Gasteiger partial charge is 0.252 e. The molecule has 0 unspecified atom stereocenters. The molecule has 2 aromatic carbocycles. The number of rotatable bonds is 7. The molecule has 0 atom stereocenters. The van der Waals surface area contributed by atoms with Gasteiger partial charge in [0.15, 0.2) is 5.76 Å². The standard InChI is InChI=1S/C24H21N3O3/c1-2-29-23-18(11-8-14-25-23)15-26-22(28)19-12-6-7-13-20(19)24-27-16-21(30-24)17-9-4-3-5-10-17/h3-14,16H,2,15H2,1H3,(H,26,28). The van der Waals surface area contributed by atoms with E-state index in [2.05, 4.69) is 15.3 Å². The van der Waals surface area contributed by atoms with Crippen molar-refractivity contribution in [1.29, 1.82) is 0 Å². The third kappa shape index (κ3) is 4.22. The van der Waals surface area contributed by atoms with E-state index in [1.165, 1.54) is 0 Å². The van der Waals surface area contributed by atoms with Crippen LogP contribution in [-0.2, 0) is 6.54 Å². The number of aromatic nitrogens is 2. The lowest BCUT2D eigenvalue weighted by Gasteiger charge is -2.11. The van der Waals surface area contributed by atoms with Gasteiger partial charge in [-0.25, -0.2) is 9.97 Å². The summed E-state index contributed by atoms with van der Waals surface area (Å²) in [5.41, 5.74) is 2.86. The molecule has 6 nitrogen and oxygen atoms in total. The quantitative estimate of drug-likeness (QED) is 0.486. The van der Waals surface area contributed by atoms with Crippen molar-refractivity contribution in [3.63, 3.8) is 0 Å². The monoisotopic (exact) mass is 399 g/mol. The van der Waals surface area contributed by atoms with Crippen molar-refractivity contribution in [3.05, 3.63) is 90.3 Å². The lowest BCUT2D eigenvalue weighted by atomic mass is 10.1. The summed E-state index contributed by atoms with van der Waals surface area (Å²) in [5, 5.41) is 2.93. The summed E-state index contributed by atoms with van der Waals surface area (Å²) in [6.07, 6.45) is 3.34. The van der Waals surface area contributed by atoms with Gasteiger partial charge in [0, 0.05) is 29.4 Å². The molecule has 1 N–H and O–H groups in total. The van der Waals surface area contributed by atoms with Crippen LogP contribution in [0.3, 0.4) is 0 Å². The van der Waals surface area contributed by atoms with Gasteiger partial charge in [0.05, 0.1) is 18.4 Å². The average molecular weight is 399 g/mol. The second-order valence-corrected chi connectivity index (χ2v) is 6.52. The Bertz CT molecular complexity index is 1140. The fourth-order valence-corrected chi connectivity index (χ4v) is 3.10. The van der Waals surface area contributed by atoms with E-state index >= 15 is 0 Å². The molecule has 1 amide bonds. The maximum Gasteiger partial charge on any atom is 0.252 e. The molecule has 0 spiro atoms. The van der Waals surface area contributed by atoms with E-state index in [9.17, 15) is 4.79 Å². The number of oxazole rings is 1. The maximum absolute atomic E-state index is 12.9. The molecule has 30 heavy (non-hydrogen) atoms. The van der Waals surface area contributed by atoms with E-state index < -0.39 is 0 Å². The molecular formula is C24H21N3O3. The van der Waals surface area contributed by atoms with Crippen molar-refractivity contribution in [1.82, 2.24) is 15.3 Å².